The summed E-state index contributed by atoms with van der Waals surface area (Å²) in [6, 6.07) is 25.8. The highest BCUT2D eigenvalue weighted by Crippen LogP contribution is 2.37. The van der Waals surface area contributed by atoms with Crippen molar-refractivity contribution in [2.45, 2.75) is 26.4 Å². The Morgan fingerprint density at radius 2 is 1.66 bits per heavy atom. The predicted molar refractivity (Wildman–Crippen MR) is 115 cm³/mol. The third-order valence-electron chi connectivity index (χ3n) is 4.93. The van der Waals surface area contributed by atoms with E-state index in [1.165, 1.54) is 11.1 Å². The van der Waals surface area contributed by atoms with Gasteiger partial charge in [0.05, 0.1) is 11.3 Å². The Balaban J connectivity index is 1.50. The number of phenolic OH excluding ortho intramolecular Hbond substituents is 1. The molecule has 29 heavy (non-hydrogen) atoms. The Morgan fingerprint density at radius 1 is 0.862 bits per heavy atom. The van der Waals surface area contributed by atoms with Crippen molar-refractivity contribution in [3.05, 3.63) is 101 Å². The summed E-state index contributed by atoms with van der Waals surface area (Å²) in [6.45, 7) is 2.52. The normalized spacial score (nSPS) is 10.8. The smallest absolute Gasteiger partial charge is 0.133 e. The van der Waals surface area contributed by atoms with E-state index >= 15 is 0 Å². The number of aryl methyl sites for hydroxylation is 3. The van der Waals surface area contributed by atoms with Crippen LogP contribution in [0.1, 0.15) is 22.4 Å². The quantitative estimate of drug-likeness (QED) is 0.445. The monoisotopic (exact) mass is 384 g/mol. The number of ether oxygens (including phenoxy) is 1. The van der Waals surface area contributed by atoms with Crippen molar-refractivity contribution >= 4 is 0 Å². The van der Waals surface area contributed by atoms with Gasteiger partial charge in [0.2, 0.25) is 0 Å². The van der Waals surface area contributed by atoms with Crippen LogP contribution in [0.3, 0.4) is 0 Å². The standard InChI is InChI=1S/C25H24N2O2/c1-18-10-12-19(13-11-18)14-15-21-16-22(27-26-21)25-23(28)8-5-9-24(25)29-17-20-6-3-2-4-7-20/h2-13,16,28H,14-15,17H2,1H3,(H,26,27). The molecular weight excluding hydrogens is 360 g/mol. The van der Waals surface area contributed by atoms with Crippen LogP contribution in [0.25, 0.3) is 11.3 Å². The minimum absolute atomic E-state index is 0.159. The van der Waals surface area contributed by atoms with Gasteiger partial charge in [0.15, 0.2) is 0 Å². The summed E-state index contributed by atoms with van der Waals surface area (Å²) in [6.07, 6.45) is 1.78. The Hall–Kier alpha value is -3.53. The lowest BCUT2D eigenvalue weighted by Crippen LogP contribution is -1.97. The number of benzene rings is 3. The van der Waals surface area contributed by atoms with Crippen LogP contribution in [0.2, 0.25) is 0 Å². The largest absolute Gasteiger partial charge is 0.507 e. The molecule has 1 aromatic heterocycles. The number of rotatable bonds is 7. The average Bonchev–Trinajstić information content (AvgIpc) is 3.21. The molecule has 2 N–H and O–H groups in total. The van der Waals surface area contributed by atoms with Crippen molar-refractivity contribution in [2.24, 2.45) is 0 Å². The molecule has 0 radical (unpaired) electrons. The minimum atomic E-state index is 0.159. The molecule has 4 aromatic rings. The third-order valence-corrected chi connectivity index (χ3v) is 4.93. The van der Waals surface area contributed by atoms with Gasteiger partial charge in [0, 0.05) is 5.69 Å². The van der Waals surface area contributed by atoms with E-state index in [1.807, 2.05) is 42.5 Å². The zero-order valence-corrected chi connectivity index (χ0v) is 16.4. The Bertz CT molecular complexity index is 1070. The number of nitrogens with zero attached hydrogens (tertiary/aromatic N) is 1. The van der Waals surface area contributed by atoms with Gasteiger partial charge >= 0.3 is 0 Å². The number of nitrogens with one attached hydrogen (secondary N) is 1. The van der Waals surface area contributed by atoms with E-state index < -0.39 is 0 Å². The number of aromatic amines is 1. The molecule has 4 nitrogen and oxygen atoms in total. The van der Waals surface area contributed by atoms with Gasteiger partial charge in [0.25, 0.3) is 0 Å². The molecule has 0 fully saturated rings. The molecule has 146 valence electrons. The van der Waals surface area contributed by atoms with Crippen LogP contribution >= 0.6 is 0 Å². The second-order valence-electron chi connectivity index (χ2n) is 7.19. The number of aromatic nitrogens is 2. The van der Waals surface area contributed by atoms with Gasteiger partial charge in [-0.3, -0.25) is 5.10 Å². The van der Waals surface area contributed by atoms with E-state index in [-0.39, 0.29) is 5.75 Å². The molecule has 0 aliphatic heterocycles. The van der Waals surface area contributed by atoms with Crippen LogP contribution in [0.15, 0.2) is 78.9 Å². The lowest BCUT2D eigenvalue weighted by atomic mass is 10.1. The van der Waals surface area contributed by atoms with Crippen molar-refractivity contribution < 1.29 is 9.84 Å². The van der Waals surface area contributed by atoms with E-state index in [2.05, 4.69) is 41.4 Å². The summed E-state index contributed by atoms with van der Waals surface area (Å²) in [5.41, 5.74) is 5.95. The molecule has 0 amide bonds. The van der Waals surface area contributed by atoms with Gasteiger partial charge in [-0.25, -0.2) is 0 Å². The molecule has 0 saturated heterocycles. The van der Waals surface area contributed by atoms with Gasteiger partial charge in [0.1, 0.15) is 18.1 Å². The molecule has 0 atom stereocenters. The fourth-order valence-corrected chi connectivity index (χ4v) is 3.28. The second kappa shape index (κ2) is 8.65. The molecule has 0 aliphatic rings. The van der Waals surface area contributed by atoms with E-state index in [0.29, 0.717) is 23.6 Å². The first-order chi connectivity index (χ1) is 14.2. The maximum atomic E-state index is 10.5. The van der Waals surface area contributed by atoms with Gasteiger partial charge < -0.3 is 9.84 Å². The van der Waals surface area contributed by atoms with Crippen LogP contribution in [-0.2, 0) is 19.4 Å². The van der Waals surface area contributed by atoms with E-state index in [9.17, 15) is 5.11 Å². The van der Waals surface area contributed by atoms with Crippen LogP contribution in [0, 0.1) is 6.92 Å². The summed E-state index contributed by atoms with van der Waals surface area (Å²) >= 11 is 0. The second-order valence-corrected chi connectivity index (χ2v) is 7.19. The fraction of sp³-hybridized carbons (Fsp3) is 0.160. The van der Waals surface area contributed by atoms with Gasteiger partial charge in [-0.2, -0.15) is 5.10 Å². The first kappa shape index (κ1) is 18.8. The van der Waals surface area contributed by atoms with Crippen LogP contribution in [-0.4, -0.2) is 15.3 Å². The highest BCUT2D eigenvalue weighted by molar-refractivity contribution is 5.74. The van der Waals surface area contributed by atoms with Crippen molar-refractivity contribution in [3.8, 4) is 22.8 Å². The maximum absolute atomic E-state index is 10.5. The van der Waals surface area contributed by atoms with Crippen molar-refractivity contribution in [2.75, 3.05) is 0 Å². The number of aromatic hydroxyl groups is 1. The zero-order valence-electron chi connectivity index (χ0n) is 16.4. The highest BCUT2D eigenvalue weighted by Gasteiger charge is 2.15. The Morgan fingerprint density at radius 3 is 2.45 bits per heavy atom. The van der Waals surface area contributed by atoms with Crippen LogP contribution < -0.4 is 4.74 Å². The molecule has 4 heteroatoms. The zero-order chi connectivity index (χ0) is 20.1. The van der Waals surface area contributed by atoms with Gasteiger partial charge in [-0.15, -0.1) is 0 Å². The molecule has 0 spiro atoms. The summed E-state index contributed by atoms with van der Waals surface area (Å²) in [5, 5.41) is 18.0. The lowest BCUT2D eigenvalue weighted by molar-refractivity contribution is 0.306. The van der Waals surface area contributed by atoms with E-state index in [0.717, 1.165) is 24.1 Å². The summed E-state index contributed by atoms with van der Waals surface area (Å²) in [4.78, 5) is 0. The molecular formula is C25H24N2O2. The molecule has 0 bridgehead atoms. The van der Waals surface area contributed by atoms with Gasteiger partial charge in [-0.05, 0) is 49.1 Å². The Labute approximate surface area is 170 Å². The SMILES string of the molecule is Cc1ccc(CCc2cc(-c3c(O)cccc3OCc3ccccc3)n[nH]2)cc1. The van der Waals surface area contributed by atoms with E-state index in [4.69, 9.17) is 4.74 Å². The number of hydrogen-bond donors (Lipinski definition) is 2. The van der Waals surface area contributed by atoms with Gasteiger partial charge in [-0.1, -0.05) is 66.2 Å². The van der Waals surface area contributed by atoms with Crippen molar-refractivity contribution in [1.82, 2.24) is 10.2 Å². The molecule has 0 unspecified atom stereocenters. The summed E-state index contributed by atoms with van der Waals surface area (Å²) in [5.74, 6) is 0.776. The van der Waals surface area contributed by atoms with E-state index in [1.54, 1.807) is 12.1 Å². The first-order valence-corrected chi connectivity index (χ1v) is 9.78. The first-order valence-electron chi connectivity index (χ1n) is 9.78. The minimum Gasteiger partial charge on any atom is -0.507 e. The lowest BCUT2D eigenvalue weighted by Gasteiger charge is -2.11. The third kappa shape index (κ3) is 4.66. The Kier molecular flexibility index (Phi) is 5.61. The highest BCUT2D eigenvalue weighted by atomic mass is 16.5. The summed E-state index contributed by atoms with van der Waals surface area (Å²) in [7, 11) is 0. The predicted octanol–water partition coefficient (Wildman–Crippen LogP) is 5.45. The maximum Gasteiger partial charge on any atom is 0.133 e. The molecule has 1 heterocycles. The summed E-state index contributed by atoms with van der Waals surface area (Å²) < 4.78 is 5.99. The van der Waals surface area contributed by atoms with Crippen molar-refractivity contribution in [1.29, 1.82) is 0 Å². The molecule has 0 saturated carbocycles. The number of phenols is 1. The molecule has 0 aliphatic carbocycles. The molecule has 4 rings (SSSR count). The topological polar surface area (TPSA) is 58.1 Å². The fourth-order valence-electron chi connectivity index (χ4n) is 3.28. The molecule has 3 aromatic carbocycles. The van der Waals surface area contributed by atoms with Crippen LogP contribution in [0.4, 0.5) is 0 Å². The number of hydrogen-bond acceptors (Lipinski definition) is 3. The number of H-pyrrole nitrogens is 1. The van der Waals surface area contributed by atoms with Crippen LogP contribution in [0.5, 0.6) is 11.5 Å². The average molecular weight is 384 g/mol. The van der Waals surface area contributed by atoms with Crippen molar-refractivity contribution in [3.63, 3.8) is 0 Å².